The smallest absolute Gasteiger partial charge is 0.227 e. The Bertz CT molecular complexity index is 573. The maximum absolute atomic E-state index is 8.74. The predicted octanol–water partition coefficient (Wildman–Crippen LogP) is 2.33. The second kappa shape index (κ2) is 4.68. The van der Waals surface area contributed by atoms with Crippen LogP contribution in [0.15, 0.2) is 30.6 Å². The Morgan fingerprint density at radius 2 is 2.00 bits per heavy atom. The first kappa shape index (κ1) is 11.2. The van der Waals surface area contributed by atoms with Crippen molar-refractivity contribution in [2.75, 3.05) is 11.1 Å². The van der Waals surface area contributed by atoms with Gasteiger partial charge in [-0.15, -0.1) is 0 Å². The fourth-order valence-corrected chi connectivity index (χ4v) is 1.44. The van der Waals surface area contributed by atoms with Crippen molar-refractivity contribution in [3.05, 3.63) is 41.2 Å². The minimum absolute atomic E-state index is 0.382. The summed E-state index contributed by atoms with van der Waals surface area (Å²) in [5.41, 5.74) is 7.10. The third-order valence-electron chi connectivity index (χ3n) is 2.02. The van der Waals surface area contributed by atoms with Crippen LogP contribution in [0.4, 0.5) is 17.3 Å². The molecule has 2 aromatic rings. The van der Waals surface area contributed by atoms with Crippen molar-refractivity contribution in [3.8, 4) is 6.07 Å². The monoisotopic (exact) mass is 245 g/mol. The highest BCUT2D eigenvalue weighted by Crippen LogP contribution is 2.21. The molecule has 0 saturated heterocycles. The highest BCUT2D eigenvalue weighted by Gasteiger charge is 2.02. The van der Waals surface area contributed by atoms with E-state index >= 15 is 0 Å². The topological polar surface area (TPSA) is 87.6 Å². The largest absolute Gasteiger partial charge is 0.396 e. The number of anilines is 3. The maximum Gasteiger partial charge on any atom is 0.227 e. The van der Waals surface area contributed by atoms with Crippen molar-refractivity contribution in [3.63, 3.8) is 0 Å². The molecule has 0 saturated carbocycles. The van der Waals surface area contributed by atoms with E-state index in [1.807, 2.05) is 6.07 Å². The number of nitrogens with zero attached hydrogens (tertiary/aromatic N) is 3. The highest BCUT2D eigenvalue weighted by atomic mass is 35.5. The van der Waals surface area contributed by atoms with Gasteiger partial charge in [0.2, 0.25) is 5.95 Å². The van der Waals surface area contributed by atoms with Crippen LogP contribution in [0.2, 0.25) is 5.02 Å². The lowest BCUT2D eigenvalue weighted by Gasteiger charge is -2.05. The van der Waals surface area contributed by atoms with E-state index in [-0.39, 0.29) is 0 Å². The molecule has 0 bridgehead atoms. The third kappa shape index (κ3) is 2.62. The average molecular weight is 246 g/mol. The van der Waals surface area contributed by atoms with Crippen LogP contribution >= 0.6 is 11.6 Å². The van der Waals surface area contributed by atoms with Crippen LogP contribution in [0.1, 0.15) is 5.56 Å². The third-order valence-corrected chi connectivity index (χ3v) is 2.33. The molecule has 0 radical (unpaired) electrons. The number of aromatic nitrogens is 2. The van der Waals surface area contributed by atoms with Gasteiger partial charge in [-0.2, -0.15) is 5.26 Å². The van der Waals surface area contributed by atoms with Gasteiger partial charge < -0.3 is 11.1 Å². The Morgan fingerprint density at radius 1 is 1.29 bits per heavy atom. The van der Waals surface area contributed by atoms with Gasteiger partial charge in [0.1, 0.15) is 6.07 Å². The summed E-state index contributed by atoms with van der Waals surface area (Å²) < 4.78 is 0. The number of benzene rings is 1. The van der Waals surface area contributed by atoms with Crippen molar-refractivity contribution in [2.24, 2.45) is 0 Å². The number of nitrogen functional groups attached to an aromatic ring is 1. The van der Waals surface area contributed by atoms with E-state index in [4.69, 9.17) is 22.6 Å². The van der Waals surface area contributed by atoms with Gasteiger partial charge in [-0.3, -0.25) is 0 Å². The molecule has 0 spiro atoms. The molecule has 2 rings (SSSR count). The fourth-order valence-electron chi connectivity index (χ4n) is 1.22. The van der Waals surface area contributed by atoms with Crippen LogP contribution in [0.25, 0.3) is 0 Å². The van der Waals surface area contributed by atoms with Crippen molar-refractivity contribution >= 4 is 28.9 Å². The van der Waals surface area contributed by atoms with Gasteiger partial charge in [0.05, 0.1) is 28.7 Å². The van der Waals surface area contributed by atoms with Crippen molar-refractivity contribution in [2.45, 2.75) is 0 Å². The van der Waals surface area contributed by atoms with Crippen LogP contribution in [0, 0.1) is 11.3 Å². The molecule has 17 heavy (non-hydrogen) atoms. The Kier molecular flexibility index (Phi) is 3.08. The first-order valence-electron chi connectivity index (χ1n) is 4.73. The van der Waals surface area contributed by atoms with Crippen LogP contribution in [0.5, 0.6) is 0 Å². The summed E-state index contributed by atoms with van der Waals surface area (Å²) in [6.07, 6.45) is 3.00. The molecule has 0 aliphatic rings. The van der Waals surface area contributed by atoms with E-state index in [1.54, 1.807) is 18.2 Å². The van der Waals surface area contributed by atoms with E-state index < -0.39 is 0 Å². The van der Waals surface area contributed by atoms with E-state index in [0.717, 1.165) is 0 Å². The highest BCUT2D eigenvalue weighted by molar-refractivity contribution is 6.32. The zero-order valence-corrected chi connectivity index (χ0v) is 9.44. The quantitative estimate of drug-likeness (QED) is 0.848. The lowest BCUT2D eigenvalue weighted by molar-refractivity contribution is 1.17. The van der Waals surface area contributed by atoms with Crippen LogP contribution in [0.3, 0.4) is 0 Å². The minimum Gasteiger partial charge on any atom is -0.396 e. The molecule has 0 fully saturated rings. The summed E-state index contributed by atoms with van der Waals surface area (Å²) in [4.78, 5) is 7.98. The minimum atomic E-state index is 0.382. The SMILES string of the molecule is N#Cc1ccc(Nc2ncc(N)cn2)cc1Cl. The molecule has 0 unspecified atom stereocenters. The standard InChI is InChI=1S/C11H8ClN5/c12-10-3-9(2-1-7(10)4-13)17-11-15-5-8(14)6-16-11/h1-3,5-6H,14H2,(H,15,16,17). The van der Waals surface area contributed by atoms with Crippen molar-refractivity contribution in [1.82, 2.24) is 9.97 Å². The zero-order chi connectivity index (χ0) is 12.3. The summed E-state index contributed by atoms with van der Waals surface area (Å²) in [5.74, 6) is 0.417. The fraction of sp³-hybridized carbons (Fsp3) is 0. The van der Waals surface area contributed by atoms with Crippen LogP contribution < -0.4 is 11.1 Å². The number of halogens is 1. The Balaban J connectivity index is 2.22. The summed E-state index contributed by atoms with van der Waals surface area (Å²) in [6.45, 7) is 0. The lowest BCUT2D eigenvalue weighted by Crippen LogP contribution is -1.98. The first-order chi connectivity index (χ1) is 8.19. The van der Waals surface area contributed by atoms with Crippen molar-refractivity contribution < 1.29 is 0 Å². The number of hydrogen-bond acceptors (Lipinski definition) is 5. The maximum atomic E-state index is 8.74. The molecular weight excluding hydrogens is 238 g/mol. The number of hydrogen-bond donors (Lipinski definition) is 2. The Labute approximate surface area is 103 Å². The second-order valence-corrected chi connectivity index (χ2v) is 3.68. The molecule has 5 nitrogen and oxygen atoms in total. The number of rotatable bonds is 2. The molecule has 1 heterocycles. The molecule has 1 aromatic heterocycles. The Morgan fingerprint density at radius 3 is 2.59 bits per heavy atom. The van der Waals surface area contributed by atoms with Gasteiger partial charge in [-0.1, -0.05) is 11.6 Å². The molecule has 0 aliphatic carbocycles. The lowest BCUT2D eigenvalue weighted by atomic mass is 10.2. The molecular formula is C11H8ClN5. The molecule has 84 valence electrons. The van der Waals surface area contributed by atoms with E-state index in [2.05, 4.69) is 15.3 Å². The molecule has 0 amide bonds. The number of nitrogens with two attached hydrogens (primary N) is 1. The summed E-state index contributed by atoms with van der Waals surface area (Å²) in [6, 6.07) is 6.98. The predicted molar refractivity (Wildman–Crippen MR) is 65.9 cm³/mol. The molecule has 0 atom stereocenters. The zero-order valence-electron chi connectivity index (χ0n) is 8.68. The molecule has 6 heteroatoms. The Hall–Kier alpha value is -2.32. The van der Waals surface area contributed by atoms with Crippen LogP contribution in [-0.4, -0.2) is 9.97 Å². The van der Waals surface area contributed by atoms with Gasteiger partial charge in [-0.25, -0.2) is 9.97 Å². The first-order valence-corrected chi connectivity index (χ1v) is 5.11. The summed E-state index contributed by atoms with van der Waals surface area (Å²) in [5, 5.41) is 12.1. The molecule has 1 aromatic carbocycles. The average Bonchev–Trinajstić information content (AvgIpc) is 2.32. The summed E-state index contributed by atoms with van der Waals surface area (Å²) in [7, 11) is 0. The van der Waals surface area contributed by atoms with E-state index in [0.29, 0.717) is 27.9 Å². The van der Waals surface area contributed by atoms with E-state index in [9.17, 15) is 0 Å². The number of nitriles is 1. The van der Waals surface area contributed by atoms with Gasteiger partial charge in [0.15, 0.2) is 0 Å². The van der Waals surface area contributed by atoms with Gasteiger partial charge >= 0.3 is 0 Å². The van der Waals surface area contributed by atoms with E-state index in [1.165, 1.54) is 12.4 Å². The molecule has 3 N–H and O–H groups in total. The summed E-state index contributed by atoms with van der Waals surface area (Å²) >= 11 is 5.90. The van der Waals surface area contributed by atoms with Crippen molar-refractivity contribution in [1.29, 1.82) is 5.26 Å². The normalized spacial score (nSPS) is 9.65. The van der Waals surface area contributed by atoms with Crippen LogP contribution in [-0.2, 0) is 0 Å². The molecule has 0 aliphatic heterocycles. The van der Waals surface area contributed by atoms with Gasteiger partial charge in [-0.05, 0) is 18.2 Å². The van der Waals surface area contributed by atoms with Gasteiger partial charge in [0, 0.05) is 5.69 Å². The number of nitrogens with one attached hydrogen (secondary N) is 1. The second-order valence-electron chi connectivity index (χ2n) is 3.27. The van der Waals surface area contributed by atoms with Gasteiger partial charge in [0.25, 0.3) is 0 Å².